The number of nitrogens with one attached hydrogen (secondary N) is 2. The van der Waals surface area contributed by atoms with E-state index in [1.54, 1.807) is 13.8 Å². The van der Waals surface area contributed by atoms with Gasteiger partial charge in [0, 0.05) is 6.42 Å². The van der Waals surface area contributed by atoms with E-state index >= 15 is 0 Å². The number of hydrogen-bond donors (Lipinski definition) is 2. The molecule has 148 valence electrons. The highest BCUT2D eigenvalue weighted by Crippen LogP contribution is 2.15. The molecule has 0 rings (SSSR count). The van der Waals surface area contributed by atoms with Crippen molar-refractivity contribution in [3.05, 3.63) is 0 Å². The van der Waals surface area contributed by atoms with Crippen molar-refractivity contribution in [3.8, 4) is 0 Å². The molecule has 0 saturated heterocycles. The maximum atomic E-state index is 12.7. The fraction of sp³-hybridized carbons (Fsp3) is 0.778. The molecule has 8 nitrogen and oxygen atoms in total. The normalized spacial score (nSPS) is 14.3. The first-order valence-corrected chi connectivity index (χ1v) is 9.01. The quantitative estimate of drug-likeness (QED) is 0.235. The Kier molecular flexibility index (Phi) is 11.4. The largest absolute Gasteiger partial charge is 0.461 e. The van der Waals surface area contributed by atoms with Gasteiger partial charge in [-0.3, -0.25) is 9.59 Å². The monoisotopic (exact) mass is 370 g/mol. The van der Waals surface area contributed by atoms with Crippen molar-refractivity contribution in [2.45, 2.75) is 85.2 Å². The van der Waals surface area contributed by atoms with Crippen LogP contribution >= 0.6 is 0 Å². The van der Waals surface area contributed by atoms with Crippen LogP contribution in [0.4, 0.5) is 0 Å². The van der Waals surface area contributed by atoms with E-state index in [1.165, 1.54) is 0 Å². The van der Waals surface area contributed by atoms with Gasteiger partial charge in [0.2, 0.25) is 11.7 Å². The summed E-state index contributed by atoms with van der Waals surface area (Å²) in [6, 6.07) is -0.963. The van der Waals surface area contributed by atoms with Crippen LogP contribution < -0.4 is 5.32 Å². The van der Waals surface area contributed by atoms with Gasteiger partial charge in [-0.15, -0.1) is 0 Å². The molecule has 3 atom stereocenters. The van der Waals surface area contributed by atoms with Gasteiger partial charge < -0.3 is 14.8 Å². The molecular formula is C18H32N3O5+. The molecule has 2 N–H and O–H groups in total. The molecule has 0 saturated carbocycles. The number of Topliss-reactive ketones (excluding diaryl/α,β-unsaturated/α-hetero) is 1. The molecule has 0 heterocycles. The minimum absolute atomic E-state index is 0.0282. The number of hydrogen-bond acceptors (Lipinski definition) is 6. The van der Waals surface area contributed by atoms with Crippen molar-refractivity contribution < 1.29 is 28.6 Å². The smallest absolute Gasteiger partial charge is 0.372 e. The molecule has 0 aliphatic heterocycles. The third-order valence-corrected chi connectivity index (χ3v) is 3.68. The van der Waals surface area contributed by atoms with Gasteiger partial charge in [0.15, 0.2) is 0 Å². The lowest BCUT2D eigenvalue weighted by molar-refractivity contribution is -0.154. The molecule has 0 bridgehead atoms. The first kappa shape index (κ1) is 23.9. The Morgan fingerprint density at radius 1 is 1.12 bits per heavy atom. The summed E-state index contributed by atoms with van der Waals surface area (Å²) in [6.45, 7) is 11.0. The van der Waals surface area contributed by atoms with Crippen LogP contribution in [0.25, 0.3) is 0 Å². The molecular weight excluding hydrogens is 338 g/mol. The molecule has 0 spiro atoms. The van der Waals surface area contributed by atoms with Crippen LogP contribution in [0.1, 0.15) is 60.8 Å². The molecule has 1 amide bonds. The second-order valence-corrected chi connectivity index (χ2v) is 6.80. The Morgan fingerprint density at radius 2 is 1.73 bits per heavy atom. The summed E-state index contributed by atoms with van der Waals surface area (Å²) in [5, 5.41) is 2.66. The summed E-state index contributed by atoms with van der Waals surface area (Å²) in [5.74, 6) is -1.43. The molecule has 0 aliphatic rings. The standard InChI is InChI=1S/C18H31N3O5/c1-7-13(6)16(25-11(2)3)17(23)21-15(18(24)26-12(4)5)9-8-14(22)10-20-19/h10-13,15-16,19H,7-9H2,1-6H3/p+1/t13?,15-,16-/m0/s1. The van der Waals surface area contributed by atoms with Gasteiger partial charge in [-0.05, 0) is 40.0 Å². The summed E-state index contributed by atoms with van der Waals surface area (Å²) in [4.78, 5) is 39.4. The molecule has 8 heteroatoms. The summed E-state index contributed by atoms with van der Waals surface area (Å²) in [7, 11) is 0. The lowest BCUT2D eigenvalue weighted by Gasteiger charge is -2.27. The van der Waals surface area contributed by atoms with E-state index in [0.29, 0.717) is 0 Å². The van der Waals surface area contributed by atoms with Crippen molar-refractivity contribution in [1.29, 1.82) is 5.53 Å². The Labute approximate surface area is 155 Å². The first-order chi connectivity index (χ1) is 12.1. The molecule has 26 heavy (non-hydrogen) atoms. The van der Waals surface area contributed by atoms with Crippen LogP contribution in [-0.4, -0.2) is 53.0 Å². The minimum atomic E-state index is -0.963. The van der Waals surface area contributed by atoms with Gasteiger partial charge >= 0.3 is 12.2 Å². The number of rotatable bonds is 12. The predicted molar refractivity (Wildman–Crippen MR) is 95.9 cm³/mol. The highest BCUT2D eigenvalue weighted by Gasteiger charge is 2.31. The highest BCUT2D eigenvalue weighted by atomic mass is 16.5. The van der Waals surface area contributed by atoms with Crippen LogP contribution in [0.2, 0.25) is 0 Å². The van der Waals surface area contributed by atoms with E-state index in [1.807, 2.05) is 27.7 Å². The third kappa shape index (κ3) is 9.44. The van der Waals surface area contributed by atoms with Crippen molar-refractivity contribution >= 4 is 23.9 Å². The Balaban J connectivity index is 5.20. The topological polar surface area (TPSA) is 120 Å². The molecule has 1 unspecified atom stereocenters. The summed E-state index contributed by atoms with van der Waals surface area (Å²) in [5.41, 5.74) is 6.67. The molecule has 0 aromatic heterocycles. The van der Waals surface area contributed by atoms with Crippen LogP contribution in [-0.2, 0) is 23.9 Å². The maximum Gasteiger partial charge on any atom is 0.372 e. The number of esters is 1. The Hall–Kier alpha value is -2.05. The van der Waals surface area contributed by atoms with E-state index in [-0.39, 0.29) is 31.0 Å². The fourth-order valence-corrected chi connectivity index (χ4v) is 2.20. The zero-order chi connectivity index (χ0) is 20.3. The Morgan fingerprint density at radius 3 is 2.19 bits per heavy atom. The van der Waals surface area contributed by atoms with Gasteiger partial charge in [0.1, 0.15) is 12.1 Å². The maximum absolute atomic E-state index is 12.7. The van der Waals surface area contributed by atoms with E-state index in [2.05, 4.69) is 10.1 Å². The van der Waals surface area contributed by atoms with Crippen LogP contribution in [0.15, 0.2) is 0 Å². The summed E-state index contributed by atoms with van der Waals surface area (Å²) >= 11 is 0. The third-order valence-electron chi connectivity index (χ3n) is 3.68. The summed E-state index contributed by atoms with van der Waals surface area (Å²) in [6.07, 6.45) is 0.470. The van der Waals surface area contributed by atoms with Crippen molar-refractivity contribution in [3.63, 3.8) is 0 Å². The average molecular weight is 370 g/mol. The van der Waals surface area contributed by atoms with E-state index < -0.39 is 29.8 Å². The van der Waals surface area contributed by atoms with Crippen LogP contribution in [0.3, 0.4) is 0 Å². The van der Waals surface area contributed by atoms with Gasteiger partial charge in [-0.2, -0.15) is 0 Å². The van der Waals surface area contributed by atoms with Gasteiger partial charge in [0.05, 0.1) is 22.5 Å². The minimum Gasteiger partial charge on any atom is -0.461 e. The highest BCUT2D eigenvalue weighted by molar-refractivity contribution is 6.25. The van der Waals surface area contributed by atoms with Crippen molar-refractivity contribution in [2.75, 3.05) is 0 Å². The molecule has 0 aromatic rings. The second-order valence-electron chi connectivity index (χ2n) is 6.80. The van der Waals surface area contributed by atoms with Gasteiger partial charge in [-0.25, -0.2) is 4.79 Å². The second kappa shape index (κ2) is 12.3. The van der Waals surface area contributed by atoms with Gasteiger partial charge in [-0.1, -0.05) is 20.3 Å². The van der Waals surface area contributed by atoms with Crippen molar-refractivity contribution in [1.82, 2.24) is 5.32 Å². The molecule has 0 aliphatic carbocycles. The lowest BCUT2D eigenvalue weighted by atomic mass is 10.00. The SMILES string of the molecule is CCC(C)[C@H](OC(C)C)C(=O)N[C@@H](CCC(=O)C=[N+]=N)C(=O)OC(C)C. The Bertz CT molecular complexity index is 527. The number of nitrogens with zero attached hydrogens (tertiary/aromatic N) is 1. The fourth-order valence-electron chi connectivity index (χ4n) is 2.20. The first-order valence-electron chi connectivity index (χ1n) is 9.01. The van der Waals surface area contributed by atoms with E-state index in [9.17, 15) is 14.4 Å². The average Bonchev–Trinajstić information content (AvgIpc) is 2.54. The predicted octanol–water partition coefficient (Wildman–Crippen LogP) is 1.92. The van der Waals surface area contributed by atoms with E-state index in [4.69, 9.17) is 15.0 Å². The number of amides is 1. The lowest BCUT2D eigenvalue weighted by Crippen LogP contribution is -2.49. The molecule has 0 fully saturated rings. The number of ether oxygens (including phenoxy) is 2. The van der Waals surface area contributed by atoms with Crippen LogP contribution in [0, 0.1) is 11.4 Å². The zero-order valence-electron chi connectivity index (χ0n) is 16.6. The summed E-state index contributed by atoms with van der Waals surface area (Å²) < 4.78 is 10.9. The molecule has 0 radical (unpaired) electrons. The van der Waals surface area contributed by atoms with Gasteiger partial charge in [0.25, 0.3) is 0 Å². The number of carbonyl (C=O) groups excluding carboxylic acids is 3. The van der Waals surface area contributed by atoms with Crippen molar-refractivity contribution in [2.24, 2.45) is 5.92 Å². The number of carbonyl (C=O) groups is 3. The number of ketones is 1. The van der Waals surface area contributed by atoms with E-state index in [0.717, 1.165) is 12.6 Å². The zero-order valence-corrected chi connectivity index (χ0v) is 16.6. The van der Waals surface area contributed by atoms with Crippen LogP contribution in [0.5, 0.6) is 0 Å². The molecule has 0 aromatic carbocycles.